The number of hydrogen-bond acceptors (Lipinski definition) is 4. The Balaban J connectivity index is 1.78. The molecule has 3 heterocycles. The van der Waals surface area contributed by atoms with Gasteiger partial charge >= 0.3 is 0 Å². The van der Waals surface area contributed by atoms with Gasteiger partial charge in [-0.25, -0.2) is 0 Å². The van der Waals surface area contributed by atoms with E-state index in [1.165, 1.54) is 0 Å². The van der Waals surface area contributed by atoms with Gasteiger partial charge in [0, 0.05) is 19.2 Å². The molecule has 2 aliphatic heterocycles. The SMILES string of the molecule is Cc1nn(C)c(Cl)c1[C@@H]1CCCN1C(=O)CN1CSCC1=O. The molecule has 6 nitrogen and oxygen atoms in total. The number of aryl methyl sites for hydroxylation is 2. The summed E-state index contributed by atoms with van der Waals surface area (Å²) in [6.45, 7) is 2.80. The average Bonchev–Trinajstić information content (AvgIpc) is 3.13. The van der Waals surface area contributed by atoms with Crippen LogP contribution in [0.3, 0.4) is 0 Å². The fourth-order valence-electron chi connectivity index (χ4n) is 3.18. The summed E-state index contributed by atoms with van der Waals surface area (Å²) in [6, 6.07) is -0.0286. The summed E-state index contributed by atoms with van der Waals surface area (Å²) in [5.74, 6) is 1.13. The maximum Gasteiger partial charge on any atom is 0.242 e. The van der Waals surface area contributed by atoms with E-state index in [1.54, 1.807) is 28.4 Å². The van der Waals surface area contributed by atoms with Crippen LogP contribution in [0.15, 0.2) is 0 Å². The molecule has 0 radical (unpaired) electrons. The van der Waals surface area contributed by atoms with Gasteiger partial charge in [0.1, 0.15) is 11.7 Å². The molecule has 3 rings (SSSR count). The summed E-state index contributed by atoms with van der Waals surface area (Å²) in [7, 11) is 1.81. The molecule has 0 aromatic carbocycles. The van der Waals surface area contributed by atoms with Crippen LogP contribution >= 0.6 is 23.4 Å². The highest BCUT2D eigenvalue weighted by atomic mass is 35.5. The normalized spacial score (nSPS) is 22.0. The Morgan fingerprint density at radius 1 is 1.50 bits per heavy atom. The minimum Gasteiger partial charge on any atom is -0.334 e. The number of rotatable bonds is 3. The van der Waals surface area contributed by atoms with Crippen molar-refractivity contribution in [3.05, 3.63) is 16.4 Å². The van der Waals surface area contributed by atoms with E-state index in [4.69, 9.17) is 11.6 Å². The first-order chi connectivity index (χ1) is 10.5. The van der Waals surface area contributed by atoms with Crippen LogP contribution in [0.5, 0.6) is 0 Å². The van der Waals surface area contributed by atoms with E-state index in [9.17, 15) is 9.59 Å². The molecule has 2 fully saturated rings. The molecular formula is C14H19ClN4O2S. The van der Waals surface area contributed by atoms with Crippen molar-refractivity contribution in [2.45, 2.75) is 25.8 Å². The Bertz CT molecular complexity index is 618. The van der Waals surface area contributed by atoms with Gasteiger partial charge in [-0.05, 0) is 19.8 Å². The molecular weight excluding hydrogens is 324 g/mol. The van der Waals surface area contributed by atoms with Gasteiger partial charge in [0.15, 0.2) is 0 Å². The van der Waals surface area contributed by atoms with Crippen LogP contribution < -0.4 is 0 Å². The van der Waals surface area contributed by atoms with Crippen molar-refractivity contribution in [3.63, 3.8) is 0 Å². The van der Waals surface area contributed by atoms with Gasteiger partial charge < -0.3 is 9.80 Å². The first-order valence-corrected chi connectivity index (χ1v) is 8.86. The lowest BCUT2D eigenvalue weighted by atomic mass is 10.1. The van der Waals surface area contributed by atoms with Gasteiger partial charge in [0.25, 0.3) is 0 Å². The summed E-state index contributed by atoms with van der Waals surface area (Å²) in [5.41, 5.74) is 1.81. The summed E-state index contributed by atoms with van der Waals surface area (Å²) < 4.78 is 1.65. The largest absolute Gasteiger partial charge is 0.334 e. The van der Waals surface area contributed by atoms with Crippen LogP contribution in [0, 0.1) is 6.92 Å². The summed E-state index contributed by atoms with van der Waals surface area (Å²) in [6.07, 6.45) is 1.84. The van der Waals surface area contributed by atoms with E-state index in [0.29, 0.717) is 23.3 Å². The second-order valence-corrected chi connectivity index (χ2v) is 7.04. The third-order valence-electron chi connectivity index (χ3n) is 4.25. The highest BCUT2D eigenvalue weighted by molar-refractivity contribution is 8.00. The number of halogens is 1. The van der Waals surface area contributed by atoms with E-state index in [2.05, 4.69) is 5.10 Å². The second kappa shape index (κ2) is 6.12. The number of nitrogens with zero attached hydrogens (tertiary/aromatic N) is 4. The van der Waals surface area contributed by atoms with Crippen LogP contribution in [-0.4, -0.2) is 56.1 Å². The zero-order chi connectivity index (χ0) is 15.9. The average molecular weight is 343 g/mol. The van der Waals surface area contributed by atoms with Gasteiger partial charge in [-0.3, -0.25) is 14.3 Å². The molecule has 1 aromatic heterocycles. The van der Waals surface area contributed by atoms with Crippen molar-refractivity contribution in [1.82, 2.24) is 19.6 Å². The lowest BCUT2D eigenvalue weighted by Gasteiger charge is -2.27. The van der Waals surface area contributed by atoms with Crippen molar-refractivity contribution >= 4 is 35.2 Å². The smallest absolute Gasteiger partial charge is 0.242 e. The molecule has 1 aromatic rings. The summed E-state index contributed by atoms with van der Waals surface area (Å²) in [5, 5.41) is 4.94. The van der Waals surface area contributed by atoms with Crippen LogP contribution in [0.4, 0.5) is 0 Å². The molecule has 0 spiro atoms. The summed E-state index contributed by atoms with van der Waals surface area (Å²) >= 11 is 7.90. The highest BCUT2D eigenvalue weighted by Gasteiger charge is 2.35. The quantitative estimate of drug-likeness (QED) is 0.836. The fraction of sp³-hybridized carbons (Fsp3) is 0.643. The number of likely N-dealkylation sites (tertiary alicyclic amines) is 1. The second-order valence-electron chi connectivity index (χ2n) is 5.73. The predicted octanol–water partition coefficient (Wildman–Crippen LogP) is 1.58. The number of amides is 2. The maximum absolute atomic E-state index is 12.6. The highest BCUT2D eigenvalue weighted by Crippen LogP contribution is 2.37. The Morgan fingerprint density at radius 2 is 2.27 bits per heavy atom. The van der Waals surface area contributed by atoms with E-state index < -0.39 is 0 Å². The van der Waals surface area contributed by atoms with Crippen molar-refractivity contribution in [3.8, 4) is 0 Å². The van der Waals surface area contributed by atoms with Gasteiger partial charge in [-0.1, -0.05) is 11.6 Å². The van der Waals surface area contributed by atoms with Crippen LogP contribution in [0.1, 0.15) is 30.1 Å². The van der Waals surface area contributed by atoms with Gasteiger partial charge in [0.2, 0.25) is 11.8 Å². The topological polar surface area (TPSA) is 58.4 Å². The van der Waals surface area contributed by atoms with Crippen molar-refractivity contribution in [2.24, 2.45) is 7.05 Å². The number of hydrogen-bond donors (Lipinski definition) is 0. The predicted molar refractivity (Wildman–Crippen MR) is 85.7 cm³/mol. The Kier molecular flexibility index (Phi) is 4.36. The third kappa shape index (κ3) is 2.72. The Morgan fingerprint density at radius 3 is 2.86 bits per heavy atom. The molecule has 0 saturated carbocycles. The minimum atomic E-state index is -0.0286. The fourth-order valence-corrected chi connectivity index (χ4v) is 4.39. The molecule has 2 amide bonds. The van der Waals surface area contributed by atoms with E-state index in [0.717, 1.165) is 24.1 Å². The first-order valence-electron chi connectivity index (χ1n) is 7.33. The van der Waals surface area contributed by atoms with Crippen LogP contribution in [0.2, 0.25) is 5.15 Å². The van der Waals surface area contributed by atoms with Gasteiger partial charge in [0.05, 0.1) is 23.4 Å². The molecule has 0 bridgehead atoms. The van der Waals surface area contributed by atoms with Crippen molar-refractivity contribution < 1.29 is 9.59 Å². The molecule has 2 aliphatic rings. The Hall–Kier alpha value is -1.21. The van der Waals surface area contributed by atoms with Crippen molar-refractivity contribution in [2.75, 3.05) is 24.7 Å². The van der Waals surface area contributed by atoms with Crippen molar-refractivity contribution in [1.29, 1.82) is 0 Å². The standard InChI is InChI=1S/C14H19ClN4O2S/c1-9-13(14(15)17(2)16-9)10-4-3-5-19(10)11(20)6-18-8-22-7-12(18)21/h10H,3-8H2,1-2H3/t10-/m0/s1. The van der Waals surface area contributed by atoms with Crippen LogP contribution in [-0.2, 0) is 16.6 Å². The monoisotopic (exact) mass is 342 g/mol. The lowest BCUT2D eigenvalue weighted by molar-refractivity contribution is -0.138. The zero-order valence-corrected chi connectivity index (χ0v) is 14.3. The number of thioether (sulfide) groups is 1. The molecule has 1 atom stereocenters. The lowest BCUT2D eigenvalue weighted by Crippen LogP contribution is -2.40. The molecule has 120 valence electrons. The maximum atomic E-state index is 12.6. The molecule has 0 N–H and O–H groups in total. The molecule has 22 heavy (non-hydrogen) atoms. The Labute approximate surface area is 138 Å². The molecule has 2 saturated heterocycles. The molecule has 8 heteroatoms. The number of carbonyl (C=O) groups is 2. The summed E-state index contributed by atoms with van der Waals surface area (Å²) in [4.78, 5) is 27.8. The van der Waals surface area contributed by atoms with E-state index >= 15 is 0 Å². The van der Waals surface area contributed by atoms with E-state index in [1.807, 2.05) is 11.8 Å². The molecule has 0 unspecified atom stereocenters. The molecule has 0 aliphatic carbocycles. The van der Waals surface area contributed by atoms with E-state index in [-0.39, 0.29) is 24.4 Å². The zero-order valence-electron chi connectivity index (χ0n) is 12.7. The number of aromatic nitrogens is 2. The third-order valence-corrected chi connectivity index (χ3v) is 5.65. The number of carbonyl (C=O) groups excluding carboxylic acids is 2. The van der Waals surface area contributed by atoms with Gasteiger partial charge in [-0.15, -0.1) is 11.8 Å². The first kappa shape index (κ1) is 15.7. The van der Waals surface area contributed by atoms with Gasteiger partial charge in [-0.2, -0.15) is 5.10 Å². The van der Waals surface area contributed by atoms with Crippen LogP contribution in [0.25, 0.3) is 0 Å². The minimum absolute atomic E-state index is 0.00216.